The van der Waals surface area contributed by atoms with Crippen molar-refractivity contribution in [1.29, 1.82) is 0 Å². The lowest BCUT2D eigenvalue weighted by atomic mass is 9.72. The van der Waals surface area contributed by atoms with E-state index >= 15 is 0 Å². The van der Waals surface area contributed by atoms with Crippen LogP contribution in [0.25, 0.3) is 0 Å². The Hall–Kier alpha value is -1.14. The molecule has 0 unspecified atom stereocenters. The Balaban J connectivity index is 0.00000243. The Kier molecular flexibility index (Phi) is 7.89. The topological polar surface area (TPSA) is 59.6 Å². The lowest BCUT2D eigenvalue weighted by Crippen LogP contribution is -2.53. The maximum atomic E-state index is 13.3. The van der Waals surface area contributed by atoms with Crippen LogP contribution in [0, 0.1) is 5.41 Å². The number of rotatable bonds is 6. The minimum Gasteiger partial charge on any atom is -0.384 e. The largest absolute Gasteiger partial charge is 0.384 e. The minimum atomic E-state index is -0.472. The van der Waals surface area contributed by atoms with Crippen LogP contribution in [0.4, 0.5) is 0 Å². The number of amides is 1. The SMILES string of the molecule is COCC1(CNC(=O)C2(c3ccccc3)CCOCC2)CCNCC1.Cl. The molecule has 0 spiro atoms. The number of ether oxygens (including phenoxy) is 2. The molecule has 26 heavy (non-hydrogen) atoms. The molecule has 0 atom stereocenters. The zero-order valence-corrected chi connectivity index (χ0v) is 16.4. The molecule has 146 valence electrons. The van der Waals surface area contributed by atoms with Gasteiger partial charge in [-0.2, -0.15) is 0 Å². The highest BCUT2D eigenvalue weighted by Gasteiger charge is 2.42. The number of methoxy groups -OCH3 is 1. The number of halogens is 1. The van der Waals surface area contributed by atoms with Gasteiger partial charge in [-0.3, -0.25) is 4.79 Å². The summed E-state index contributed by atoms with van der Waals surface area (Å²) in [4.78, 5) is 13.3. The molecule has 0 aliphatic carbocycles. The van der Waals surface area contributed by atoms with Gasteiger partial charge in [-0.1, -0.05) is 30.3 Å². The normalized spacial score (nSPS) is 21.4. The third-order valence-electron chi connectivity index (χ3n) is 5.85. The number of nitrogens with one attached hydrogen (secondary N) is 2. The Labute approximate surface area is 162 Å². The van der Waals surface area contributed by atoms with Crippen LogP contribution >= 0.6 is 12.4 Å². The summed E-state index contributed by atoms with van der Waals surface area (Å²) in [5, 5.41) is 6.68. The molecule has 2 saturated heterocycles. The number of carbonyl (C=O) groups is 1. The minimum absolute atomic E-state index is 0. The van der Waals surface area contributed by atoms with Crippen molar-refractivity contribution in [2.24, 2.45) is 5.41 Å². The molecule has 1 aromatic rings. The third kappa shape index (κ3) is 4.58. The summed E-state index contributed by atoms with van der Waals surface area (Å²) >= 11 is 0. The van der Waals surface area contributed by atoms with Gasteiger partial charge in [-0.05, 0) is 44.3 Å². The predicted molar refractivity (Wildman–Crippen MR) is 105 cm³/mol. The Morgan fingerprint density at radius 1 is 1.15 bits per heavy atom. The van der Waals surface area contributed by atoms with Gasteiger partial charge in [0, 0.05) is 32.3 Å². The first-order chi connectivity index (χ1) is 12.2. The van der Waals surface area contributed by atoms with E-state index in [1.54, 1.807) is 7.11 Å². The van der Waals surface area contributed by atoms with Crippen LogP contribution in [-0.2, 0) is 19.7 Å². The zero-order chi connectivity index (χ0) is 17.6. The molecule has 3 rings (SSSR count). The van der Waals surface area contributed by atoms with Gasteiger partial charge in [-0.25, -0.2) is 0 Å². The van der Waals surface area contributed by atoms with Crippen LogP contribution in [0.1, 0.15) is 31.2 Å². The summed E-state index contributed by atoms with van der Waals surface area (Å²) < 4.78 is 11.0. The molecule has 2 N–H and O–H groups in total. The van der Waals surface area contributed by atoms with Crippen molar-refractivity contribution in [3.05, 3.63) is 35.9 Å². The lowest BCUT2D eigenvalue weighted by Gasteiger charge is -2.40. The molecule has 2 heterocycles. The predicted octanol–water partition coefficient (Wildman–Crippen LogP) is 2.29. The van der Waals surface area contributed by atoms with E-state index in [9.17, 15) is 4.79 Å². The van der Waals surface area contributed by atoms with E-state index in [2.05, 4.69) is 22.8 Å². The average Bonchev–Trinajstić information content (AvgIpc) is 2.68. The summed E-state index contributed by atoms with van der Waals surface area (Å²) in [6, 6.07) is 10.2. The fourth-order valence-corrected chi connectivity index (χ4v) is 4.20. The van der Waals surface area contributed by atoms with E-state index in [0.29, 0.717) is 26.4 Å². The van der Waals surface area contributed by atoms with Gasteiger partial charge in [0.25, 0.3) is 0 Å². The molecule has 2 fully saturated rings. The van der Waals surface area contributed by atoms with Crippen molar-refractivity contribution in [3.63, 3.8) is 0 Å². The summed E-state index contributed by atoms with van der Waals surface area (Å²) in [7, 11) is 1.75. The van der Waals surface area contributed by atoms with Crippen LogP contribution < -0.4 is 10.6 Å². The van der Waals surface area contributed by atoms with Crippen molar-refractivity contribution in [2.75, 3.05) is 46.6 Å². The van der Waals surface area contributed by atoms with Gasteiger partial charge in [-0.15, -0.1) is 12.4 Å². The third-order valence-corrected chi connectivity index (χ3v) is 5.85. The van der Waals surface area contributed by atoms with Crippen molar-refractivity contribution in [2.45, 2.75) is 31.1 Å². The summed E-state index contributed by atoms with van der Waals surface area (Å²) in [6.45, 7) is 4.60. The van der Waals surface area contributed by atoms with Crippen LogP contribution in [-0.4, -0.2) is 52.5 Å². The molecule has 1 aromatic carbocycles. The average molecular weight is 383 g/mol. The molecule has 0 aromatic heterocycles. The monoisotopic (exact) mass is 382 g/mol. The van der Waals surface area contributed by atoms with E-state index < -0.39 is 5.41 Å². The van der Waals surface area contributed by atoms with Gasteiger partial charge < -0.3 is 20.1 Å². The number of carbonyl (C=O) groups excluding carboxylic acids is 1. The summed E-state index contributed by atoms with van der Waals surface area (Å²) in [5.41, 5.74) is 0.668. The van der Waals surface area contributed by atoms with E-state index in [4.69, 9.17) is 9.47 Å². The smallest absolute Gasteiger partial charge is 0.230 e. The number of benzene rings is 1. The number of piperidine rings is 1. The van der Waals surface area contributed by atoms with Crippen LogP contribution in [0.2, 0.25) is 0 Å². The van der Waals surface area contributed by atoms with Gasteiger partial charge in [0.2, 0.25) is 5.91 Å². The summed E-state index contributed by atoms with van der Waals surface area (Å²) in [6.07, 6.45) is 3.54. The second-order valence-corrected chi connectivity index (χ2v) is 7.43. The van der Waals surface area contributed by atoms with E-state index in [-0.39, 0.29) is 23.7 Å². The van der Waals surface area contributed by atoms with Gasteiger partial charge >= 0.3 is 0 Å². The maximum absolute atomic E-state index is 13.3. The van der Waals surface area contributed by atoms with Crippen molar-refractivity contribution in [1.82, 2.24) is 10.6 Å². The van der Waals surface area contributed by atoms with Gasteiger partial charge in [0.05, 0.1) is 12.0 Å². The summed E-state index contributed by atoms with van der Waals surface area (Å²) in [5.74, 6) is 0.135. The fourth-order valence-electron chi connectivity index (χ4n) is 4.20. The molecule has 2 aliphatic heterocycles. The molecule has 2 aliphatic rings. The molecular formula is C20H31ClN2O3. The fraction of sp³-hybridized carbons (Fsp3) is 0.650. The number of hydrogen-bond acceptors (Lipinski definition) is 4. The molecule has 5 nitrogen and oxygen atoms in total. The van der Waals surface area contributed by atoms with E-state index in [1.165, 1.54) is 0 Å². The first-order valence-corrected chi connectivity index (χ1v) is 9.32. The first-order valence-electron chi connectivity index (χ1n) is 9.32. The molecule has 6 heteroatoms. The first kappa shape index (κ1) is 21.2. The zero-order valence-electron chi connectivity index (χ0n) is 15.6. The highest BCUT2D eigenvalue weighted by atomic mass is 35.5. The Morgan fingerprint density at radius 3 is 2.42 bits per heavy atom. The quantitative estimate of drug-likeness (QED) is 0.792. The molecule has 0 radical (unpaired) electrons. The Morgan fingerprint density at radius 2 is 1.81 bits per heavy atom. The van der Waals surface area contributed by atoms with Crippen molar-refractivity contribution >= 4 is 18.3 Å². The van der Waals surface area contributed by atoms with E-state index in [0.717, 1.165) is 44.3 Å². The molecular weight excluding hydrogens is 352 g/mol. The van der Waals surface area contributed by atoms with Gasteiger partial charge in [0.1, 0.15) is 0 Å². The van der Waals surface area contributed by atoms with Crippen LogP contribution in [0.15, 0.2) is 30.3 Å². The lowest BCUT2D eigenvalue weighted by molar-refractivity contribution is -0.131. The van der Waals surface area contributed by atoms with E-state index in [1.807, 2.05) is 18.2 Å². The highest BCUT2D eigenvalue weighted by Crippen LogP contribution is 2.36. The highest BCUT2D eigenvalue weighted by molar-refractivity contribution is 5.88. The molecule has 0 bridgehead atoms. The van der Waals surface area contributed by atoms with Gasteiger partial charge in [0.15, 0.2) is 0 Å². The second-order valence-electron chi connectivity index (χ2n) is 7.43. The van der Waals surface area contributed by atoms with Crippen molar-refractivity contribution in [3.8, 4) is 0 Å². The van der Waals surface area contributed by atoms with Crippen LogP contribution in [0.5, 0.6) is 0 Å². The maximum Gasteiger partial charge on any atom is 0.230 e. The second kappa shape index (κ2) is 9.70. The molecule has 0 saturated carbocycles. The number of hydrogen-bond donors (Lipinski definition) is 2. The Bertz CT molecular complexity index is 550. The molecule has 1 amide bonds. The standard InChI is InChI=1S/C20H30N2O3.ClH/c1-24-16-19(7-11-21-12-8-19)15-22-18(23)20(9-13-25-14-10-20)17-5-3-2-4-6-17;/h2-6,21H,7-16H2,1H3,(H,22,23);1H. The van der Waals surface area contributed by atoms with Crippen molar-refractivity contribution < 1.29 is 14.3 Å². The van der Waals surface area contributed by atoms with Crippen LogP contribution in [0.3, 0.4) is 0 Å².